The lowest BCUT2D eigenvalue weighted by Crippen LogP contribution is -2.71. The van der Waals surface area contributed by atoms with Crippen LogP contribution in [-0.2, 0) is 19.2 Å². The summed E-state index contributed by atoms with van der Waals surface area (Å²) < 4.78 is 3.90. The summed E-state index contributed by atoms with van der Waals surface area (Å²) in [5.41, 5.74) is 5.59. The fourth-order valence-electron chi connectivity index (χ4n) is 2.60. The maximum Gasteiger partial charge on any atom is 0.352 e. The van der Waals surface area contributed by atoms with Gasteiger partial charge in [-0.25, -0.2) is 4.79 Å². The number of thioether (sulfide) groups is 1. The van der Waals surface area contributed by atoms with Crippen molar-refractivity contribution in [3.8, 4) is 0 Å². The standard InChI is InChI=1S/C13H13ClN6O5S2/c1-25-18-5(8-17-13(15)27-19-8)9(21)16-6-10(22)20-7(12(23)24)4(2-14)3-26-11(6)20/h6,11H,2-3H2,1H3,(H,16,21)(H,23,24)(H2,15,17,19)/t6?,11-/m0/s1. The van der Waals surface area contributed by atoms with Crippen LogP contribution < -0.4 is 11.1 Å². The zero-order valence-corrected chi connectivity index (χ0v) is 16.1. The number of hydrogen-bond donors (Lipinski definition) is 3. The van der Waals surface area contributed by atoms with Gasteiger partial charge in [-0.15, -0.1) is 23.4 Å². The number of halogens is 1. The van der Waals surface area contributed by atoms with Gasteiger partial charge in [0.05, 0.1) is 0 Å². The number of fused-ring (bicyclic) bond motifs is 1. The van der Waals surface area contributed by atoms with Crippen LogP contribution in [0.2, 0.25) is 0 Å². The van der Waals surface area contributed by atoms with Gasteiger partial charge >= 0.3 is 5.97 Å². The minimum atomic E-state index is -1.24. The normalized spacial score (nSPS) is 22.2. The molecule has 1 aromatic heterocycles. The van der Waals surface area contributed by atoms with E-state index < -0.39 is 29.2 Å². The third-order valence-electron chi connectivity index (χ3n) is 3.75. The van der Waals surface area contributed by atoms with Crippen LogP contribution in [0.15, 0.2) is 16.4 Å². The molecular formula is C13H13ClN6O5S2. The number of carbonyl (C=O) groups is 3. The van der Waals surface area contributed by atoms with E-state index in [0.29, 0.717) is 11.3 Å². The number of oxime groups is 1. The highest BCUT2D eigenvalue weighted by Gasteiger charge is 2.54. The van der Waals surface area contributed by atoms with Crippen LogP contribution in [0.3, 0.4) is 0 Å². The van der Waals surface area contributed by atoms with E-state index in [-0.39, 0.29) is 28.2 Å². The van der Waals surface area contributed by atoms with Crippen LogP contribution in [0.1, 0.15) is 5.82 Å². The van der Waals surface area contributed by atoms with Gasteiger partial charge in [0.15, 0.2) is 5.13 Å². The monoisotopic (exact) mass is 432 g/mol. The number of β-lactam (4-membered cyclic amide) rings is 1. The number of amides is 2. The molecule has 27 heavy (non-hydrogen) atoms. The van der Waals surface area contributed by atoms with Crippen LogP contribution in [0.4, 0.5) is 5.13 Å². The molecule has 0 radical (unpaired) electrons. The van der Waals surface area contributed by atoms with Crippen LogP contribution in [0.5, 0.6) is 0 Å². The summed E-state index contributed by atoms with van der Waals surface area (Å²) in [6.07, 6.45) is 0. The van der Waals surface area contributed by atoms with Crippen molar-refractivity contribution in [2.45, 2.75) is 11.4 Å². The molecule has 11 nitrogen and oxygen atoms in total. The molecule has 144 valence electrons. The number of nitrogens with one attached hydrogen (secondary N) is 1. The molecule has 2 aliphatic rings. The lowest BCUT2D eigenvalue weighted by atomic mass is 10.0. The molecule has 2 amide bonds. The molecule has 0 aliphatic carbocycles. The molecule has 1 fully saturated rings. The highest BCUT2D eigenvalue weighted by Crippen LogP contribution is 2.40. The number of nitrogen functional groups attached to an aromatic ring is 1. The van der Waals surface area contributed by atoms with Crippen molar-refractivity contribution in [3.05, 3.63) is 17.1 Å². The third-order valence-corrected chi connectivity index (χ3v) is 5.95. The minimum Gasteiger partial charge on any atom is -0.477 e. The first-order chi connectivity index (χ1) is 12.9. The predicted molar refractivity (Wildman–Crippen MR) is 98.3 cm³/mol. The molecule has 2 aliphatic heterocycles. The quantitative estimate of drug-likeness (QED) is 0.232. The summed E-state index contributed by atoms with van der Waals surface area (Å²) in [7, 11) is 1.24. The number of aliphatic carboxylic acids is 1. The molecule has 14 heteroatoms. The molecule has 2 atom stereocenters. The molecule has 1 saturated heterocycles. The SMILES string of the molecule is CON=C(C(=O)NC1C(=O)N2C(C(=O)O)=C(CCl)CS[C@@H]12)c1nsc(N)n1. The summed E-state index contributed by atoms with van der Waals surface area (Å²) in [6, 6.07) is -0.924. The zero-order valence-electron chi connectivity index (χ0n) is 13.7. The minimum absolute atomic E-state index is 0.00369. The van der Waals surface area contributed by atoms with Crippen molar-refractivity contribution in [1.29, 1.82) is 0 Å². The van der Waals surface area contributed by atoms with Gasteiger partial charge in [0.2, 0.25) is 11.5 Å². The van der Waals surface area contributed by atoms with Crippen molar-refractivity contribution >= 4 is 63.5 Å². The smallest absolute Gasteiger partial charge is 0.352 e. The number of nitrogens with two attached hydrogens (primary N) is 1. The van der Waals surface area contributed by atoms with E-state index in [9.17, 15) is 19.5 Å². The third kappa shape index (κ3) is 3.44. The van der Waals surface area contributed by atoms with Crippen molar-refractivity contribution in [2.75, 3.05) is 24.5 Å². The maximum absolute atomic E-state index is 12.5. The van der Waals surface area contributed by atoms with Crippen LogP contribution >= 0.6 is 34.9 Å². The molecule has 0 spiro atoms. The molecule has 4 N–H and O–H groups in total. The van der Waals surface area contributed by atoms with Gasteiger partial charge in [-0.2, -0.15) is 9.36 Å². The molecule has 0 saturated carbocycles. The number of aromatic nitrogens is 2. The van der Waals surface area contributed by atoms with E-state index >= 15 is 0 Å². The Bertz CT molecular complexity index is 871. The largest absolute Gasteiger partial charge is 0.477 e. The molecular weight excluding hydrogens is 420 g/mol. The number of anilines is 1. The van der Waals surface area contributed by atoms with Gasteiger partial charge in [-0.05, 0) is 5.57 Å². The van der Waals surface area contributed by atoms with E-state index in [1.54, 1.807) is 0 Å². The molecule has 3 rings (SSSR count). The molecule has 0 bridgehead atoms. The Hall–Kier alpha value is -2.38. The summed E-state index contributed by atoms with van der Waals surface area (Å²) in [6.45, 7) is 0. The van der Waals surface area contributed by atoms with E-state index in [1.165, 1.54) is 18.9 Å². The summed E-state index contributed by atoms with van der Waals surface area (Å²) in [4.78, 5) is 46.1. The van der Waals surface area contributed by atoms with Gasteiger partial charge in [-0.3, -0.25) is 14.5 Å². The number of alkyl halides is 1. The van der Waals surface area contributed by atoms with Crippen molar-refractivity contribution in [3.63, 3.8) is 0 Å². The second-order valence-corrected chi connectivity index (χ2v) is 7.49. The first kappa shape index (κ1) is 19.4. The fourth-order valence-corrected chi connectivity index (χ4v) is 4.72. The number of carboxylic acid groups (broad SMARTS) is 1. The molecule has 1 unspecified atom stereocenters. The van der Waals surface area contributed by atoms with Crippen LogP contribution in [0.25, 0.3) is 0 Å². The lowest BCUT2D eigenvalue weighted by Gasteiger charge is -2.49. The Morgan fingerprint density at radius 1 is 1.56 bits per heavy atom. The highest BCUT2D eigenvalue weighted by molar-refractivity contribution is 8.00. The van der Waals surface area contributed by atoms with E-state index in [1.807, 2.05) is 0 Å². The molecule has 3 heterocycles. The van der Waals surface area contributed by atoms with Gasteiger partial charge in [-0.1, -0.05) is 5.16 Å². The Kier molecular flexibility index (Phi) is 5.53. The zero-order chi connectivity index (χ0) is 19.7. The van der Waals surface area contributed by atoms with Crippen molar-refractivity contribution in [2.24, 2.45) is 5.16 Å². The number of hydrogen-bond acceptors (Lipinski definition) is 10. The highest BCUT2D eigenvalue weighted by atomic mass is 35.5. The van der Waals surface area contributed by atoms with Gasteiger partial charge in [0.1, 0.15) is 24.2 Å². The van der Waals surface area contributed by atoms with Crippen LogP contribution in [-0.4, -0.2) is 73.0 Å². The summed E-state index contributed by atoms with van der Waals surface area (Å²) >= 11 is 7.96. The summed E-state index contributed by atoms with van der Waals surface area (Å²) in [5, 5.41) is 15.1. The van der Waals surface area contributed by atoms with Crippen molar-refractivity contribution in [1.82, 2.24) is 19.6 Å². The first-order valence-corrected chi connectivity index (χ1v) is 9.72. The topological polar surface area (TPSA) is 160 Å². The van der Waals surface area contributed by atoms with E-state index in [4.69, 9.17) is 17.3 Å². The Morgan fingerprint density at radius 3 is 2.85 bits per heavy atom. The number of carboxylic acids is 1. The second-order valence-electron chi connectivity index (χ2n) is 5.33. The Balaban J connectivity index is 1.79. The van der Waals surface area contributed by atoms with E-state index in [2.05, 4.69) is 24.7 Å². The summed E-state index contributed by atoms with van der Waals surface area (Å²) in [5.74, 6) is -2.22. The van der Waals surface area contributed by atoms with Gasteiger partial charge in [0.25, 0.3) is 11.8 Å². The average Bonchev–Trinajstić information content (AvgIpc) is 3.08. The molecule has 0 aromatic carbocycles. The second kappa shape index (κ2) is 7.70. The van der Waals surface area contributed by atoms with E-state index in [0.717, 1.165) is 16.4 Å². The Labute approximate surface area is 165 Å². The van der Waals surface area contributed by atoms with Crippen LogP contribution in [0, 0.1) is 0 Å². The molecule has 1 aromatic rings. The first-order valence-electron chi connectivity index (χ1n) is 7.36. The van der Waals surface area contributed by atoms with Crippen molar-refractivity contribution < 1.29 is 24.3 Å². The average molecular weight is 433 g/mol. The maximum atomic E-state index is 12.5. The number of carbonyl (C=O) groups excluding carboxylic acids is 2. The number of nitrogens with zero attached hydrogens (tertiary/aromatic N) is 4. The Morgan fingerprint density at radius 2 is 2.30 bits per heavy atom. The van der Waals surface area contributed by atoms with Gasteiger partial charge in [0, 0.05) is 23.2 Å². The number of rotatable bonds is 6. The van der Waals surface area contributed by atoms with Gasteiger partial charge < -0.3 is 21.0 Å². The predicted octanol–water partition coefficient (Wildman–Crippen LogP) is -0.552. The lowest BCUT2D eigenvalue weighted by molar-refractivity contribution is -0.150. The fraction of sp³-hybridized carbons (Fsp3) is 0.385.